The van der Waals surface area contributed by atoms with Gasteiger partial charge < -0.3 is 4.74 Å². The van der Waals surface area contributed by atoms with Crippen molar-refractivity contribution in [2.45, 2.75) is 25.2 Å². The van der Waals surface area contributed by atoms with Crippen molar-refractivity contribution in [3.8, 4) is 11.8 Å². The summed E-state index contributed by atoms with van der Waals surface area (Å²) in [6.07, 6.45) is -15.1. The van der Waals surface area contributed by atoms with Crippen molar-refractivity contribution in [2.75, 3.05) is 0 Å². The third-order valence-corrected chi connectivity index (χ3v) is 2.86. The fraction of sp³-hybridized carbons (Fsp3) is 0.333. The average molecular weight is 406 g/mol. The van der Waals surface area contributed by atoms with Crippen LogP contribution in [0.4, 0.5) is 26.3 Å². The van der Waals surface area contributed by atoms with Gasteiger partial charge in [0.1, 0.15) is 5.75 Å². The van der Waals surface area contributed by atoms with E-state index in [4.69, 9.17) is 5.26 Å². The Morgan fingerprint density at radius 1 is 1.30 bits per heavy atom. The highest BCUT2D eigenvalue weighted by molar-refractivity contribution is 9.10. The largest absolute Gasteiger partial charge is 0.525 e. The molecule has 0 N–H and O–H groups in total. The van der Waals surface area contributed by atoms with E-state index in [1.165, 1.54) is 0 Å². The van der Waals surface area contributed by atoms with Crippen molar-refractivity contribution < 1.29 is 40.6 Å². The SMILES string of the molecule is N#CCC(=O)c1ccc(OC(F)(F)[C@@H](F)OC(F)(F)F)c(Br)c1. The molecule has 0 aliphatic rings. The van der Waals surface area contributed by atoms with Crippen molar-refractivity contribution in [3.05, 3.63) is 28.2 Å². The highest BCUT2D eigenvalue weighted by Gasteiger charge is 2.50. The van der Waals surface area contributed by atoms with Crippen molar-refractivity contribution >= 4 is 21.7 Å². The summed E-state index contributed by atoms with van der Waals surface area (Å²) in [6.45, 7) is 0. The Balaban J connectivity index is 2.92. The summed E-state index contributed by atoms with van der Waals surface area (Å²) in [5.74, 6) is -1.34. The molecule has 1 rings (SSSR count). The maximum atomic E-state index is 13.2. The lowest BCUT2D eigenvalue weighted by Crippen LogP contribution is -2.41. The molecule has 1 atom stereocenters. The minimum atomic E-state index is -5.61. The van der Waals surface area contributed by atoms with Gasteiger partial charge in [-0.3, -0.25) is 4.79 Å². The van der Waals surface area contributed by atoms with E-state index in [-0.39, 0.29) is 10.0 Å². The first-order chi connectivity index (χ1) is 10.5. The van der Waals surface area contributed by atoms with Crippen LogP contribution in [0, 0.1) is 11.3 Å². The van der Waals surface area contributed by atoms with E-state index in [0.717, 1.165) is 18.2 Å². The quantitative estimate of drug-likeness (QED) is 0.521. The molecule has 1 aromatic rings. The summed E-state index contributed by atoms with van der Waals surface area (Å²) in [7, 11) is 0. The van der Waals surface area contributed by atoms with Gasteiger partial charge in [-0.1, -0.05) is 0 Å². The fourth-order valence-electron chi connectivity index (χ4n) is 1.31. The van der Waals surface area contributed by atoms with E-state index in [1.54, 1.807) is 6.07 Å². The zero-order valence-corrected chi connectivity index (χ0v) is 12.4. The number of halogens is 7. The minimum absolute atomic E-state index is 0.0302. The number of hydrogen-bond donors (Lipinski definition) is 0. The Hall–Kier alpha value is -1.80. The van der Waals surface area contributed by atoms with E-state index >= 15 is 0 Å². The number of nitriles is 1. The van der Waals surface area contributed by atoms with E-state index in [0.29, 0.717) is 0 Å². The van der Waals surface area contributed by atoms with Crippen LogP contribution >= 0.6 is 15.9 Å². The lowest BCUT2D eigenvalue weighted by molar-refractivity contribution is -0.411. The van der Waals surface area contributed by atoms with Crippen LogP contribution in [0.3, 0.4) is 0 Å². The normalized spacial score (nSPS) is 13.3. The van der Waals surface area contributed by atoms with E-state index in [9.17, 15) is 31.1 Å². The van der Waals surface area contributed by atoms with E-state index in [1.807, 2.05) is 0 Å². The molecule has 11 heteroatoms. The van der Waals surface area contributed by atoms with Crippen LogP contribution in [-0.2, 0) is 4.74 Å². The van der Waals surface area contributed by atoms with Gasteiger partial charge in [0.2, 0.25) is 0 Å². The fourth-order valence-corrected chi connectivity index (χ4v) is 1.77. The summed E-state index contributed by atoms with van der Waals surface area (Å²) in [5, 5.41) is 8.37. The number of benzene rings is 1. The smallest absolute Gasteiger partial charge is 0.427 e. The lowest BCUT2D eigenvalue weighted by Gasteiger charge is -2.22. The molecule has 0 aromatic heterocycles. The molecule has 1 aromatic carbocycles. The third kappa shape index (κ3) is 5.72. The molecule has 23 heavy (non-hydrogen) atoms. The molecule has 0 fully saturated rings. The van der Waals surface area contributed by atoms with Crippen LogP contribution < -0.4 is 4.74 Å². The number of alkyl halides is 6. The van der Waals surface area contributed by atoms with Crippen molar-refractivity contribution in [1.82, 2.24) is 0 Å². The average Bonchev–Trinajstić information content (AvgIpc) is 2.39. The predicted octanol–water partition coefficient (Wildman–Crippen LogP) is 4.35. The second-order valence-electron chi connectivity index (χ2n) is 3.95. The Morgan fingerprint density at radius 3 is 2.39 bits per heavy atom. The molecular weight excluding hydrogens is 400 g/mol. The molecule has 0 saturated heterocycles. The van der Waals surface area contributed by atoms with Crippen LogP contribution in [0.2, 0.25) is 0 Å². The molecule has 0 amide bonds. The maximum absolute atomic E-state index is 13.2. The first-order valence-electron chi connectivity index (χ1n) is 5.61. The number of carbonyl (C=O) groups excluding carboxylic acids is 1. The number of ether oxygens (including phenoxy) is 2. The van der Waals surface area contributed by atoms with Crippen LogP contribution in [0.5, 0.6) is 5.75 Å². The summed E-state index contributed by atoms with van der Waals surface area (Å²) < 4.78 is 80.8. The van der Waals surface area contributed by atoms with Gasteiger partial charge in [-0.2, -0.15) is 14.0 Å². The van der Waals surface area contributed by atoms with Crippen LogP contribution in [0.15, 0.2) is 22.7 Å². The Morgan fingerprint density at radius 2 is 1.91 bits per heavy atom. The molecule has 0 aliphatic carbocycles. The molecule has 0 aliphatic heterocycles. The van der Waals surface area contributed by atoms with Gasteiger partial charge in [-0.05, 0) is 34.1 Å². The van der Waals surface area contributed by atoms with Gasteiger partial charge in [0.05, 0.1) is 17.0 Å². The lowest BCUT2D eigenvalue weighted by atomic mass is 10.1. The van der Waals surface area contributed by atoms with Crippen molar-refractivity contribution in [1.29, 1.82) is 5.26 Å². The van der Waals surface area contributed by atoms with E-state index < -0.39 is 36.8 Å². The zero-order chi connectivity index (χ0) is 17.8. The topological polar surface area (TPSA) is 59.3 Å². The van der Waals surface area contributed by atoms with Gasteiger partial charge in [0.15, 0.2) is 5.78 Å². The molecule has 126 valence electrons. The Kier molecular flexibility index (Phi) is 6.01. The first kappa shape index (κ1) is 19.2. The number of rotatable bonds is 6. The standard InChI is InChI=1S/C12H6BrF6NO3/c13-7-5-6(8(21)3-4-20)1-2-9(7)22-11(15,16)10(14)23-12(17,18)19/h1-2,5,10H,3H2/t10-/m0/s1. The third-order valence-electron chi connectivity index (χ3n) is 2.24. The zero-order valence-electron chi connectivity index (χ0n) is 10.8. The highest BCUT2D eigenvalue weighted by atomic mass is 79.9. The minimum Gasteiger partial charge on any atom is -0.427 e. The van der Waals surface area contributed by atoms with Gasteiger partial charge in [-0.25, -0.2) is 9.13 Å². The Labute approximate surface area is 133 Å². The van der Waals surface area contributed by atoms with Crippen LogP contribution in [-0.4, -0.2) is 24.6 Å². The maximum Gasteiger partial charge on any atom is 0.525 e. The summed E-state index contributed by atoms with van der Waals surface area (Å²) >= 11 is 2.75. The van der Waals surface area contributed by atoms with Gasteiger partial charge in [0, 0.05) is 5.56 Å². The second kappa shape index (κ2) is 7.18. The predicted molar refractivity (Wildman–Crippen MR) is 66.3 cm³/mol. The number of ketones is 1. The molecule has 0 spiro atoms. The molecule has 0 unspecified atom stereocenters. The highest BCUT2D eigenvalue weighted by Crippen LogP contribution is 2.35. The summed E-state index contributed by atoms with van der Waals surface area (Å²) in [4.78, 5) is 11.4. The monoisotopic (exact) mass is 405 g/mol. The van der Waals surface area contributed by atoms with Crippen molar-refractivity contribution in [3.63, 3.8) is 0 Å². The molecular formula is C12H6BrF6NO3. The number of nitrogens with zero attached hydrogens (tertiary/aromatic N) is 1. The summed E-state index contributed by atoms with van der Waals surface area (Å²) in [6, 6.07) is 4.39. The molecule has 0 heterocycles. The van der Waals surface area contributed by atoms with Crippen LogP contribution in [0.1, 0.15) is 16.8 Å². The molecule has 0 radical (unpaired) electrons. The molecule has 0 saturated carbocycles. The number of hydrogen-bond acceptors (Lipinski definition) is 4. The van der Waals surface area contributed by atoms with Crippen molar-refractivity contribution in [2.24, 2.45) is 0 Å². The molecule has 0 bridgehead atoms. The Bertz CT molecular complexity index is 628. The van der Waals surface area contributed by atoms with Gasteiger partial charge in [0.25, 0.3) is 0 Å². The summed E-state index contributed by atoms with van der Waals surface area (Å²) in [5.41, 5.74) is -0.0302. The number of Topliss-reactive ketones (excluding diaryl/α,β-unsaturated/α-hetero) is 1. The van der Waals surface area contributed by atoms with Crippen LogP contribution in [0.25, 0.3) is 0 Å². The molecule has 4 nitrogen and oxygen atoms in total. The first-order valence-corrected chi connectivity index (χ1v) is 6.40. The second-order valence-corrected chi connectivity index (χ2v) is 4.80. The van der Waals surface area contributed by atoms with E-state index in [2.05, 4.69) is 25.4 Å². The van der Waals surface area contributed by atoms with Gasteiger partial charge >= 0.3 is 18.8 Å². The van der Waals surface area contributed by atoms with Gasteiger partial charge in [-0.15, -0.1) is 13.2 Å². The number of carbonyl (C=O) groups is 1.